The van der Waals surface area contributed by atoms with Gasteiger partial charge in [0.25, 0.3) is 11.5 Å². The number of amides is 1. The molecule has 0 atom stereocenters. The summed E-state index contributed by atoms with van der Waals surface area (Å²) in [6.07, 6.45) is 6.22. The number of aromatic amines is 1. The fourth-order valence-corrected chi connectivity index (χ4v) is 4.43. The number of benzene rings is 1. The number of hydrogen-bond acceptors (Lipinski definition) is 6. The van der Waals surface area contributed by atoms with Crippen LogP contribution in [0.5, 0.6) is 5.75 Å². The molecule has 1 N–H and O–H groups in total. The number of nitrogens with one attached hydrogen (secondary N) is 1. The number of fused-ring (bicyclic) bond motifs is 1. The smallest absolute Gasteiger partial charge is 0.260 e. The standard InChI is InChI=1S/C25H27N5O3/c31-23(30-12-1-2-13-30)17-33-20-5-3-18(4-6-20)15-29-14-9-21-22(16-29)27-24(28-25(21)32)19-7-10-26-11-8-19/h3-8,10-11H,1-2,9,12-17H2,(H,27,28,32). The Hall–Kier alpha value is -3.52. The number of hydrogen-bond donors (Lipinski definition) is 1. The number of pyridine rings is 1. The summed E-state index contributed by atoms with van der Waals surface area (Å²) in [5, 5.41) is 0. The summed E-state index contributed by atoms with van der Waals surface area (Å²) >= 11 is 0. The lowest BCUT2D eigenvalue weighted by molar-refractivity contribution is -0.132. The van der Waals surface area contributed by atoms with Crippen LogP contribution in [0.1, 0.15) is 29.7 Å². The van der Waals surface area contributed by atoms with Crippen molar-refractivity contribution in [3.8, 4) is 17.1 Å². The first-order valence-electron chi connectivity index (χ1n) is 11.4. The van der Waals surface area contributed by atoms with E-state index < -0.39 is 0 Å². The third-order valence-corrected chi connectivity index (χ3v) is 6.26. The second kappa shape index (κ2) is 9.54. The van der Waals surface area contributed by atoms with Crippen molar-refractivity contribution in [2.45, 2.75) is 32.4 Å². The summed E-state index contributed by atoms with van der Waals surface area (Å²) in [7, 11) is 0. The number of H-pyrrole nitrogens is 1. The van der Waals surface area contributed by atoms with Crippen molar-refractivity contribution in [3.63, 3.8) is 0 Å². The average molecular weight is 446 g/mol. The van der Waals surface area contributed by atoms with E-state index in [1.165, 1.54) is 0 Å². The van der Waals surface area contributed by atoms with Crippen molar-refractivity contribution < 1.29 is 9.53 Å². The molecule has 170 valence electrons. The van der Waals surface area contributed by atoms with Gasteiger partial charge in [-0.2, -0.15) is 0 Å². The SMILES string of the molecule is O=C(COc1ccc(CN2CCc3c(nc(-c4ccncc4)[nH]c3=O)C2)cc1)N1CCCC1. The monoisotopic (exact) mass is 445 g/mol. The highest BCUT2D eigenvalue weighted by atomic mass is 16.5. The molecule has 33 heavy (non-hydrogen) atoms. The molecule has 4 heterocycles. The van der Waals surface area contributed by atoms with E-state index in [9.17, 15) is 9.59 Å². The normalized spacial score (nSPS) is 15.9. The second-order valence-electron chi connectivity index (χ2n) is 8.56. The molecule has 8 heteroatoms. The Labute approximate surface area is 192 Å². The van der Waals surface area contributed by atoms with Gasteiger partial charge >= 0.3 is 0 Å². The highest BCUT2D eigenvalue weighted by Crippen LogP contribution is 2.21. The third-order valence-electron chi connectivity index (χ3n) is 6.26. The fraction of sp³-hybridized carbons (Fsp3) is 0.360. The van der Waals surface area contributed by atoms with Crippen molar-refractivity contribution >= 4 is 5.91 Å². The molecular formula is C25H27N5O3. The molecule has 1 fully saturated rings. The van der Waals surface area contributed by atoms with Gasteiger partial charge in [-0.05, 0) is 49.1 Å². The van der Waals surface area contributed by atoms with E-state index in [-0.39, 0.29) is 18.1 Å². The lowest BCUT2D eigenvalue weighted by Crippen LogP contribution is -2.35. The molecule has 1 aromatic carbocycles. The van der Waals surface area contributed by atoms with Crippen LogP contribution < -0.4 is 10.3 Å². The van der Waals surface area contributed by atoms with Crippen LogP contribution in [0.25, 0.3) is 11.4 Å². The summed E-state index contributed by atoms with van der Waals surface area (Å²) in [4.78, 5) is 40.6. The van der Waals surface area contributed by atoms with Crippen LogP contribution in [0.15, 0.2) is 53.6 Å². The maximum atomic E-state index is 12.6. The van der Waals surface area contributed by atoms with E-state index >= 15 is 0 Å². The van der Waals surface area contributed by atoms with E-state index in [1.807, 2.05) is 41.3 Å². The van der Waals surface area contributed by atoms with Gasteiger partial charge in [-0.15, -0.1) is 0 Å². The van der Waals surface area contributed by atoms with Gasteiger partial charge in [-0.3, -0.25) is 19.5 Å². The molecule has 0 spiro atoms. The predicted octanol–water partition coefficient (Wildman–Crippen LogP) is 2.39. The van der Waals surface area contributed by atoms with Gasteiger partial charge in [0, 0.05) is 56.2 Å². The summed E-state index contributed by atoms with van der Waals surface area (Å²) in [6.45, 7) is 3.94. The average Bonchev–Trinajstić information content (AvgIpc) is 3.39. The van der Waals surface area contributed by atoms with Crippen LogP contribution in [0.3, 0.4) is 0 Å². The van der Waals surface area contributed by atoms with Crippen LogP contribution in [-0.4, -0.2) is 56.9 Å². The van der Waals surface area contributed by atoms with Crippen LogP contribution >= 0.6 is 0 Å². The van der Waals surface area contributed by atoms with E-state index in [1.54, 1.807) is 12.4 Å². The zero-order valence-electron chi connectivity index (χ0n) is 18.5. The largest absolute Gasteiger partial charge is 0.484 e. The molecular weight excluding hydrogens is 418 g/mol. The summed E-state index contributed by atoms with van der Waals surface area (Å²) < 4.78 is 5.68. The number of carbonyl (C=O) groups is 1. The summed E-state index contributed by atoms with van der Waals surface area (Å²) in [5.74, 6) is 1.33. The van der Waals surface area contributed by atoms with Crippen molar-refractivity contribution in [2.24, 2.45) is 0 Å². The molecule has 2 aromatic heterocycles. The maximum absolute atomic E-state index is 12.6. The van der Waals surface area contributed by atoms with Gasteiger partial charge in [0.05, 0.1) is 5.69 Å². The highest BCUT2D eigenvalue weighted by Gasteiger charge is 2.22. The van der Waals surface area contributed by atoms with Crippen LogP contribution in [-0.2, 0) is 24.3 Å². The Morgan fingerprint density at radius 2 is 1.79 bits per heavy atom. The minimum Gasteiger partial charge on any atom is -0.484 e. The minimum atomic E-state index is -0.0589. The molecule has 1 saturated heterocycles. The van der Waals surface area contributed by atoms with Crippen LogP contribution in [0.4, 0.5) is 0 Å². The number of carbonyl (C=O) groups excluding carboxylic acids is 1. The van der Waals surface area contributed by atoms with Crippen molar-refractivity contribution in [3.05, 3.63) is 76.0 Å². The van der Waals surface area contributed by atoms with E-state index in [4.69, 9.17) is 9.72 Å². The maximum Gasteiger partial charge on any atom is 0.260 e. The van der Waals surface area contributed by atoms with E-state index in [0.29, 0.717) is 24.5 Å². The Kier molecular flexibility index (Phi) is 6.17. The van der Waals surface area contributed by atoms with Gasteiger partial charge in [-0.25, -0.2) is 4.98 Å². The number of ether oxygens (including phenoxy) is 1. The number of rotatable bonds is 6. The topological polar surface area (TPSA) is 91.4 Å². The van der Waals surface area contributed by atoms with E-state index in [0.717, 1.165) is 61.4 Å². The molecule has 5 rings (SSSR count). The number of nitrogens with zero attached hydrogens (tertiary/aromatic N) is 4. The zero-order valence-corrected chi connectivity index (χ0v) is 18.5. The molecule has 3 aromatic rings. The van der Waals surface area contributed by atoms with Crippen molar-refractivity contribution in [2.75, 3.05) is 26.2 Å². The van der Waals surface area contributed by atoms with Gasteiger partial charge in [-0.1, -0.05) is 12.1 Å². The molecule has 2 aliphatic heterocycles. The first-order valence-corrected chi connectivity index (χ1v) is 11.4. The predicted molar refractivity (Wildman–Crippen MR) is 124 cm³/mol. The lowest BCUT2D eigenvalue weighted by atomic mass is 10.0. The molecule has 2 aliphatic rings. The van der Waals surface area contributed by atoms with Gasteiger partial charge in [0.15, 0.2) is 6.61 Å². The van der Waals surface area contributed by atoms with Crippen LogP contribution in [0, 0.1) is 0 Å². The molecule has 0 saturated carbocycles. The number of aromatic nitrogens is 3. The quantitative estimate of drug-likeness (QED) is 0.627. The van der Waals surface area contributed by atoms with Gasteiger partial charge in [0.2, 0.25) is 0 Å². The molecule has 0 radical (unpaired) electrons. The Morgan fingerprint density at radius 3 is 2.55 bits per heavy atom. The minimum absolute atomic E-state index is 0.0529. The Balaban J connectivity index is 1.21. The summed E-state index contributed by atoms with van der Waals surface area (Å²) in [6, 6.07) is 11.6. The summed E-state index contributed by atoms with van der Waals surface area (Å²) in [5.41, 5.74) is 3.54. The first kappa shape index (κ1) is 21.3. The Morgan fingerprint density at radius 1 is 1.03 bits per heavy atom. The molecule has 0 unspecified atom stereocenters. The highest BCUT2D eigenvalue weighted by molar-refractivity contribution is 5.78. The van der Waals surface area contributed by atoms with E-state index in [2.05, 4.69) is 14.9 Å². The van der Waals surface area contributed by atoms with Gasteiger partial charge < -0.3 is 14.6 Å². The van der Waals surface area contributed by atoms with Gasteiger partial charge in [0.1, 0.15) is 11.6 Å². The molecule has 0 bridgehead atoms. The Bertz CT molecular complexity index is 1170. The first-order chi connectivity index (χ1) is 16.2. The second-order valence-corrected chi connectivity index (χ2v) is 8.56. The molecule has 8 nitrogen and oxygen atoms in total. The van der Waals surface area contributed by atoms with Crippen molar-refractivity contribution in [1.29, 1.82) is 0 Å². The number of likely N-dealkylation sites (tertiary alicyclic amines) is 1. The van der Waals surface area contributed by atoms with Crippen molar-refractivity contribution in [1.82, 2.24) is 24.8 Å². The molecule has 1 amide bonds. The zero-order chi connectivity index (χ0) is 22.6. The van der Waals surface area contributed by atoms with Crippen LogP contribution in [0.2, 0.25) is 0 Å². The fourth-order valence-electron chi connectivity index (χ4n) is 4.43. The third kappa shape index (κ3) is 4.96. The molecule has 0 aliphatic carbocycles. The lowest BCUT2D eigenvalue weighted by Gasteiger charge is -2.27.